The number of hydrogen-bond donors (Lipinski definition) is 1. The van der Waals surface area contributed by atoms with Crippen LogP contribution in [0.15, 0.2) is 24.3 Å². The minimum Gasteiger partial charge on any atom is -0.507 e. The van der Waals surface area contributed by atoms with Gasteiger partial charge in [-0.05, 0) is 37.5 Å². The Morgan fingerprint density at radius 2 is 1.95 bits per heavy atom. The van der Waals surface area contributed by atoms with Gasteiger partial charge in [0.05, 0.1) is 11.4 Å². The number of hydrogen-bond acceptors (Lipinski definition) is 2. The first-order valence-electron chi connectivity index (χ1n) is 5.46. The monoisotopic (exact) mass is 252 g/mol. The normalized spacial score (nSPS) is 8.89. The van der Waals surface area contributed by atoms with Crippen molar-refractivity contribution in [3.63, 3.8) is 0 Å². The molecule has 2 rings (SSSR count). The van der Waals surface area contributed by atoms with Gasteiger partial charge in [-0.1, -0.05) is 19.6 Å². The first-order chi connectivity index (χ1) is 8.65. The minimum absolute atomic E-state index is 0. The molecule has 3 heteroatoms. The Morgan fingerprint density at radius 1 is 1.26 bits per heavy atom. The van der Waals surface area contributed by atoms with Gasteiger partial charge in [0.2, 0.25) is 0 Å². The second-order valence-corrected chi connectivity index (χ2v) is 3.87. The molecule has 0 bridgehead atoms. The van der Waals surface area contributed by atoms with Crippen LogP contribution in [0.3, 0.4) is 0 Å². The average molecular weight is 252 g/mol. The fourth-order valence-electron chi connectivity index (χ4n) is 1.76. The number of aromatic hydroxyl groups is 1. The summed E-state index contributed by atoms with van der Waals surface area (Å²) in [5.41, 5.74) is 3.30. The maximum atomic E-state index is 9.92. The molecule has 0 saturated heterocycles. The number of rotatable bonds is 1. The molecule has 0 radical (unpaired) electrons. The highest BCUT2D eigenvalue weighted by Crippen LogP contribution is 2.31. The van der Waals surface area contributed by atoms with E-state index in [9.17, 15) is 5.11 Å². The zero-order valence-electron chi connectivity index (χ0n) is 10.2. The summed E-state index contributed by atoms with van der Waals surface area (Å²) in [7, 11) is 0. The highest BCUT2D eigenvalue weighted by atomic mass is 16.3. The van der Waals surface area contributed by atoms with E-state index in [1.165, 1.54) is 4.68 Å². The number of benzene rings is 1. The van der Waals surface area contributed by atoms with Crippen LogP contribution in [0.5, 0.6) is 5.75 Å². The average Bonchev–Trinajstić information content (AvgIpc) is 2.64. The van der Waals surface area contributed by atoms with Crippen LogP contribution in [0.4, 0.5) is 0 Å². The first kappa shape index (κ1) is 14.4. The smallest absolute Gasteiger partial charge is 0.125 e. The largest absolute Gasteiger partial charge is 0.507 e. The molecule has 3 nitrogen and oxygen atoms in total. The third kappa shape index (κ3) is 2.61. The van der Waals surface area contributed by atoms with E-state index in [0.29, 0.717) is 5.56 Å². The van der Waals surface area contributed by atoms with Crippen LogP contribution < -0.4 is 0 Å². The number of aryl methyl sites for hydroxylation is 1. The number of para-hydroxylation sites is 1. The van der Waals surface area contributed by atoms with Gasteiger partial charge in [-0.3, -0.25) is 0 Å². The van der Waals surface area contributed by atoms with Crippen LogP contribution in [0.25, 0.3) is 11.3 Å². The standard InChI is InChI=1S/C15H12N2O.CH4/c1-4-5-10-17-15(11(2)12(3)16-17)13-8-6-7-9-14(13)18;/h1,6-9,18H,2-3H3;1H4. The predicted octanol–water partition coefficient (Wildman–Crippen LogP) is 2.95. The minimum atomic E-state index is 0. The zero-order valence-corrected chi connectivity index (χ0v) is 10.2. The third-order valence-corrected chi connectivity index (χ3v) is 2.75. The summed E-state index contributed by atoms with van der Waals surface area (Å²) in [4.78, 5) is 0. The second-order valence-electron chi connectivity index (χ2n) is 3.87. The van der Waals surface area contributed by atoms with Gasteiger partial charge in [-0.15, -0.1) is 6.42 Å². The summed E-state index contributed by atoms with van der Waals surface area (Å²) in [6.07, 6.45) is 5.13. The summed E-state index contributed by atoms with van der Waals surface area (Å²) >= 11 is 0. The summed E-state index contributed by atoms with van der Waals surface area (Å²) in [5.74, 6) is 4.98. The highest BCUT2D eigenvalue weighted by molar-refractivity contribution is 5.71. The van der Waals surface area contributed by atoms with E-state index in [0.717, 1.165) is 17.0 Å². The Bertz CT molecular complexity index is 694. The lowest BCUT2D eigenvalue weighted by molar-refractivity contribution is 0.477. The molecule has 1 aromatic heterocycles. The van der Waals surface area contributed by atoms with Crippen molar-refractivity contribution in [3.8, 4) is 41.3 Å². The Hall–Kier alpha value is -2.65. The maximum absolute atomic E-state index is 9.92. The van der Waals surface area contributed by atoms with Crippen molar-refractivity contribution in [2.24, 2.45) is 0 Å². The van der Waals surface area contributed by atoms with Crippen LogP contribution in [0, 0.1) is 38.2 Å². The van der Waals surface area contributed by atoms with E-state index in [1.807, 2.05) is 26.0 Å². The lowest BCUT2D eigenvalue weighted by atomic mass is 10.1. The topological polar surface area (TPSA) is 38.0 Å². The van der Waals surface area contributed by atoms with Crippen molar-refractivity contribution in [3.05, 3.63) is 35.5 Å². The molecule has 0 aliphatic rings. The van der Waals surface area contributed by atoms with Crippen molar-refractivity contribution in [1.29, 1.82) is 0 Å². The number of phenolic OH excluding ortho intramolecular Hbond substituents is 1. The van der Waals surface area contributed by atoms with Crippen molar-refractivity contribution in [2.45, 2.75) is 21.3 Å². The Balaban J connectivity index is 0.00000180. The van der Waals surface area contributed by atoms with Crippen molar-refractivity contribution < 1.29 is 5.11 Å². The second kappa shape index (κ2) is 5.80. The first-order valence-corrected chi connectivity index (χ1v) is 5.46. The van der Waals surface area contributed by atoms with Crippen LogP contribution in [-0.2, 0) is 0 Å². The molecular weight excluding hydrogens is 236 g/mol. The van der Waals surface area contributed by atoms with Gasteiger partial charge in [0.1, 0.15) is 5.75 Å². The number of nitrogens with zero attached hydrogens (tertiary/aromatic N) is 2. The predicted molar refractivity (Wildman–Crippen MR) is 77.5 cm³/mol. The van der Waals surface area contributed by atoms with Crippen molar-refractivity contribution >= 4 is 0 Å². The molecule has 2 aromatic rings. The molecule has 0 aliphatic heterocycles. The van der Waals surface area contributed by atoms with Crippen molar-refractivity contribution in [1.82, 2.24) is 9.78 Å². The van der Waals surface area contributed by atoms with E-state index in [4.69, 9.17) is 6.42 Å². The Kier molecular flexibility index (Phi) is 4.40. The number of terminal acetylenes is 1. The molecule has 0 aliphatic carbocycles. The van der Waals surface area contributed by atoms with Crippen LogP contribution >= 0.6 is 0 Å². The molecule has 1 N–H and O–H groups in total. The molecule has 0 unspecified atom stereocenters. The van der Waals surface area contributed by atoms with Crippen molar-refractivity contribution in [2.75, 3.05) is 0 Å². The molecule has 0 amide bonds. The lowest BCUT2D eigenvalue weighted by Gasteiger charge is -2.05. The maximum Gasteiger partial charge on any atom is 0.125 e. The van der Waals surface area contributed by atoms with E-state index >= 15 is 0 Å². The van der Waals surface area contributed by atoms with Gasteiger partial charge in [-0.25, -0.2) is 0 Å². The summed E-state index contributed by atoms with van der Waals surface area (Å²) in [6.45, 7) is 3.84. The van der Waals surface area contributed by atoms with Crippen LogP contribution in [-0.4, -0.2) is 14.9 Å². The number of phenols is 1. The Labute approximate surface area is 113 Å². The quantitative estimate of drug-likeness (QED) is 0.792. The molecule has 0 atom stereocenters. The summed E-state index contributed by atoms with van der Waals surface area (Å²) < 4.78 is 1.51. The summed E-state index contributed by atoms with van der Waals surface area (Å²) in [6, 6.07) is 9.85. The van der Waals surface area contributed by atoms with Gasteiger partial charge in [0, 0.05) is 17.5 Å². The van der Waals surface area contributed by atoms with Gasteiger partial charge >= 0.3 is 0 Å². The van der Waals surface area contributed by atoms with E-state index in [2.05, 4.69) is 23.0 Å². The molecular formula is C16H16N2O. The Morgan fingerprint density at radius 3 is 2.58 bits per heavy atom. The number of aromatic nitrogens is 2. The lowest BCUT2D eigenvalue weighted by Crippen LogP contribution is -1.95. The third-order valence-electron chi connectivity index (χ3n) is 2.75. The molecule has 0 spiro atoms. The van der Waals surface area contributed by atoms with Gasteiger partial charge in [0.15, 0.2) is 0 Å². The molecule has 0 saturated carbocycles. The van der Waals surface area contributed by atoms with E-state index in [1.54, 1.807) is 12.1 Å². The van der Waals surface area contributed by atoms with Gasteiger partial charge in [0.25, 0.3) is 0 Å². The van der Waals surface area contributed by atoms with Crippen LogP contribution in [0.2, 0.25) is 0 Å². The fourth-order valence-corrected chi connectivity index (χ4v) is 1.76. The fraction of sp³-hybridized carbons (Fsp3) is 0.188. The molecule has 19 heavy (non-hydrogen) atoms. The van der Waals surface area contributed by atoms with E-state index in [-0.39, 0.29) is 13.2 Å². The van der Waals surface area contributed by atoms with E-state index < -0.39 is 0 Å². The zero-order chi connectivity index (χ0) is 13.1. The summed E-state index contributed by atoms with van der Waals surface area (Å²) in [5, 5.41) is 14.2. The SMILES string of the molecule is C.C#CC#Cn1nc(C)c(C)c1-c1ccccc1O. The molecule has 0 fully saturated rings. The molecule has 96 valence electrons. The van der Waals surface area contributed by atoms with Crippen LogP contribution in [0.1, 0.15) is 18.7 Å². The molecule has 1 aromatic carbocycles. The highest BCUT2D eigenvalue weighted by Gasteiger charge is 2.15. The van der Waals surface area contributed by atoms with Gasteiger partial charge in [-0.2, -0.15) is 9.78 Å². The van der Waals surface area contributed by atoms with Gasteiger partial charge < -0.3 is 5.11 Å². The molecule has 1 heterocycles.